The molecule has 1 aromatic rings. The van der Waals surface area contributed by atoms with E-state index in [4.69, 9.17) is 0 Å². The van der Waals surface area contributed by atoms with E-state index >= 15 is 0 Å². The van der Waals surface area contributed by atoms with E-state index in [9.17, 15) is 14.4 Å². The van der Waals surface area contributed by atoms with Crippen LogP contribution in [0.5, 0.6) is 0 Å². The van der Waals surface area contributed by atoms with Crippen molar-refractivity contribution in [3.8, 4) is 0 Å². The van der Waals surface area contributed by atoms with Gasteiger partial charge in [-0.1, -0.05) is 50.5 Å². The van der Waals surface area contributed by atoms with E-state index in [1.165, 1.54) is 23.6 Å². The van der Waals surface area contributed by atoms with Gasteiger partial charge in [0.2, 0.25) is 0 Å². The fraction of sp³-hybridized carbons (Fsp3) is 0.500. The van der Waals surface area contributed by atoms with Crippen LogP contribution in [-0.4, -0.2) is 34.1 Å². The minimum Gasteiger partial charge on any atom is -0.331 e. The van der Waals surface area contributed by atoms with Crippen molar-refractivity contribution in [1.82, 2.24) is 10.0 Å². The number of carbonyl (C=O) groups is 3. The van der Waals surface area contributed by atoms with Crippen molar-refractivity contribution >= 4 is 40.4 Å². The molecule has 0 aliphatic rings. The molecule has 1 heterocycles. The molecule has 1 aromatic heterocycles. The van der Waals surface area contributed by atoms with Gasteiger partial charge < -0.3 is 4.84 Å². The number of unbranched alkanes of at least 4 members (excludes halogenated alkanes) is 1. The molecule has 0 spiro atoms. The lowest BCUT2D eigenvalue weighted by Crippen LogP contribution is -2.24. The lowest BCUT2D eigenvalue weighted by atomic mass is 10.2. The third-order valence-corrected chi connectivity index (χ3v) is 5.46. The molecule has 0 radical (unpaired) electrons. The third kappa shape index (κ3) is 12.0. The first-order valence-corrected chi connectivity index (χ1v) is 9.92. The zero-order valence-corrected chi connectivity index (χ0v) is 15.8. The highest BCUT2D eigenvalue weighted by Crippen LogP contribution is 2.34. The Kier molecular flexibility index (Phi) is 14.1. The van der Waals surface area contributed by atoms with Gasteiger partial charge in [0.25, 0.3) is 12.8 Å². The van der Waals surface area contributed by atoms with Crippen LogP contribution >= 0.6 is 21.6 Å². The molecule has 0 saturated heterocycles. The maximum atomic E-state index is 11.3. The molecule has 24 heavy (non-hydrogen) atoms. The lowest BCUT2D eigenvalue weighted by molar-refractivity contribution is -0.190. The summed E-state index contributed by atoms with van der Waals surface area (Å²) in [4.78, 5) is 40.5. The number of hydrogen-bond donors (Lipinski definition) is 0. The average Bonchev–Trinajstić information content (AvgIpc) is 2.63. The normalized spacial score (nSPS) is 10.8. The third-order valence-electron chi connectivity index (χ3n) is 2.61. The van der Waals surface area contributed by atoms with Crippen molar-refractivity contribution in [1.29, 1.82) is 0 Å². The molecule has 8 heteroatoms. The molecule has 1 unspecified atom stereocenters. The van der Waals surface area contributed by atoms with Crippen LogP contribution in [0.2, 0.25) is 0 Å². The summed E-state index contributed by atoms with van der Waals surface area (Å²) in [5.74, 6) is -0.612. The van der Waals surface area contributed by atoms with E-state index in [1.54, 1.807) is 17.0 Å². The predicted octanol–water partition coefficient (Wildman–Crippen LogP) is 3.87. The molecule has 1 atom stereocenters. The average molecular weight is 373 g/mol. The summed E-state index contributed by atoms with van der Waals surface area (Å²) in [7, 11) is 3.13. The number of hydrogen-bond acceptors (Lipinski definition) is 7. The summed E-state index contributed by atoms with van der Waals surface area (Å²) in [5, 5.41) is 1.42. The van der Waals surface area contributed by atoms with Crippen molar-refractivity contribution in [2.24, 2.45) is 0 Å². The predicted molar refractivity (Wildman–Crippen MR) is 97.0 cm³/mol. The monoisotopic (exact) mass is 372 g/mol. The Balaban J connectivity index is 0.00000118. The summed E-state index contributed by atoms with van der Waals surface area (Å²) in [6, 6.07) is 5.66. The number of imide groups is 1. The highest BCUT2D eigenvalue weighted by atomic mass is 33.1. The van der Waals surface area contributed by atoms with Gasteiger partial charge in [-0.3, -0.25) is 9.59 Å². The Morgan fingerprint density at radius 1 is 1.29 bits per heavy atom. The molecular weight excluding hydrogens is 348 g/mol. The van der Waals surface area contributed by atoms with Gasteiger partial charge in [-0.05, 0) is 29.3 Å². The number of aromatic nitrogens is 1. The van der Waals surface area contributed by atoms with Gasteiger partial charge in [0, 0.05) is 17.9 Å². The topological polar surface area (TPSA) is 76.6 Å². The maximum Gasteiger partial charge on any atom is 0.333 e. The minimum absolute atomic E-state index is 0.134. The van der Waals surface area contributed by atoms with Gasteiger partial charge in [-0.25, -0.2) is 9.78 Å². The van der Waals surface area contributed by atoms with Crippen molar-refractivity contribution in [3.63, 3.8) is 0 Å². The highest BCUT2D eigenvalue weighted by Gasteiger charge is 2.12. The first kappa shape index (κ1) is 22.5. The van der Waals surface area contributed by atoms with Crippen LogP contribution in [-0.2, 0) is 19.2 Å². The Bertz CT molecular complexity index is 464. The van der Waals surface area contributed by atoms with Crippen LogP contribution < -0.4 is 0 Å². The van der Waals surface area contributed by atoms with Gasteiger partial charge in [-0.15, -0.1) is 5.06 Å². The summed E-state index contributed by atoms with van der Waals surface area (Å²) < 4.78 is 0. The quantitative estimate of drug-likeness (QED) is 0.350. The molecule has 0 aromatic carbocycles. The molecule has 0 aliphatic carbocycles. The van der Waals surface area contributed by atoms with Crippen LogP contribution in [0.15, 0.2) is 29.4 Å². The molecule has 0 bridgehead atoms. The number of carbonyl (C=O) groups excluding carboxylic acids is 3. The van der Waals surface area contributed by atoms with Crippen molar-refractivity contribution in [2.75, 3.05) is 0 Å². The minimum atomic E-state index is -0.612. The second-order valence-electron chi connectivity index (χ2n) is 4.73. The molecule has 0 aliphatic heterocycles. The number of nitrogens with zero attached hydrogens (tertiary/aromatic N) is 2. The molecule has 0 saturated carbocycles. The van der Waals surface area contributed by atoms with Crippen LogP contribution in [0.3, 0.4) is 0 Å². The zero-order chi connectivity index (χ0) is 18.2. The van der Waals surface area contributed by atoms with Crippen LogP contribution in [0.25, 0.3) is 0 Å². The van der Waals surface area contributed by atoms with Gasteiger partial charge >= 0.3 is 5.97 Å². The molecule has 0 N–H and O–H groups in total. The lowest BCUT2D eigenvalue weighted by Gasteiger charge is -2.11. The molecular formula is C16H24N2O4S2. The smallest absolute Gasteiger partial charge is 0.331 e. The van der Waals surface area contributed by atoms with E-state index < -0.39 is 5.97 Å². The van der Waals surface area contributed by atoms with Gasteiger partial charge in [0.1, 0.15) is 5.03 Å². The largest absolute Gasteiger partial charge is 0.333 e. The molecule has 2 amide bonds. The van der Waals surface area contributed by atoms with Crippen molar-refractivity contribution < 1.29 is 19.2 Å². The zero-order valence-electron chi connectivity index (χ0n) is 14.2. The maximum absolute atomic E-state index is 11.3. The number of hydroxylamine groups is 2. The first-order chi connectivity index (χ1) is 11.6. The van der Waals surface area contributed by atoms with E-state index in [-0.39, 0.29) is 24.5 Å². The SMILES string of the molecule is CC(CCC(=O)ON(C=O)C=O)SSc1ccccn1.CCCC. The van der Waals surface area contributed by atoms with Crippen LogP contribution in [0.4, 0.5) is 0 Å². The molecule has 134 valence electrons. The van der Waals surface area contributed by atoms with Crippen LogP contribution in [0.1, 0.15) is 46.5 Å². The number of pyridine rings is 1. The fourth-order valence-electron chi connectivity index (χ4n) is 1.13. The molecule has 0 fully saturated rings. The van der Waals surface area contributed by atoms with E-state index in [1.807, 2.05) is 25.1 Å². The van der Waals surface area contributed by atoms with Gasteiger partial charge in [0.05, 0.1) is 0 Å². The highest BCUT2D eigenvalue weighted by molar-refractivity contribution is 8.76. The van der Waals surface area contributed by atoms with Crippen molar-refractivity contribution in [3.05, 3.63) is 24.4 Å². The number of amides is 2. The Morgan fingerprint density at radius 2 is 1.96 bits per heavy atom. The van der Waals surface area contributed by atoms with Crippen molar-refractivity contribution in [2.45, 2.75) is 56.7 Å². The van der Waals surface area contributed by atoms with Gasteiger partial charge in [0.15, 0.2) is 0 Å². The standard InChI is InChI=1S/C12H14N2O4S2.C4H10/c1-10(19-20-11-4-2-3-7-13-11)5-6-12(17)18-14(8-15)9-16;1-3-4-2/h2-4,7-10H,5-6H2,1H3;3-4H2,1-2H3. The van der Waals surface area contributed by atoms with E-state index in [0.29, 0.717) is 11.5 Å². The summed E-state index contributed by atoms with van der Waals surface area (Å²) in [5.41, 5.74) is 0. The summed E-state index contributed by atoms with van der Waals surface area (Å²) in [6.45, 7) is 6.34. The molecule has 1 rings (SSSR count). The Hall–Kier alpha value is -1.54. The fourth-order valence-corrected chi connectivity index (χ4v) is 3.22. The van der Waals surface area contributed by atoms with Crippen LogP contribution in [0, 0.1) is 0 Å². The Morgan fingerprint density at radius 3 is 2.46 bits per heavy atom. The first-order valence-electron chi connectivity index (χ1n) is 7.71. The second kappa shape index (κ2) is 15.0. The van der Waals surface area contributed by atoms with E-state index in [0.717, 1.165) is 5.03 Å². The number of rotatable bonds is 10. The van der Waals surface area contributed by atoms with Gasteiger partial charge in [-0.2, -0.15) is 0 Å². The second-order valence-corrected chi connectivity index (χ2v) is 7.39. The molecule has 6 nitrogen and oxygen atoms in total. The van der Waals surface area contributed by atoms with E-state index in [2.05, 4.69) is 23.7 Å². The Labute approximate surface area is 151 Å². The summed E-state index contributed by atoms with van der Waals surface area (Å²) >= 11 is 0. The summed E-state index contributed by atoms with van der Waals surface area (Å²) in [6.07, 6.45) is 5.35.